The predicted molar refractivity (Wildman–Crippen MR) is 78.0 cm³/mol. The van der Waals surface area contributed by atoms with Gasteiger partial charge in [0.25, 0.3) is 0 Å². The van der Waals surface area contributed by atoms with Crippen LogP contribution in [0.15, 0.2) is 18.2 Å². The van der Waals surface area contributed by atoms with E-state index in [1.807, 2.05) is 6.26 Å². The number of halogens is 1. The number of carbonyl (C=O) groups is 2. The van der Waals surface area contributed by atoms with E-state index in [2.05, 4.69) is 17.6 Å². The largest absolute Gasteiger partial charge is 0.478 e. The van der Waals surface area contributed by atoms with Crippen molar-refractivity contribution in [1.29, 1.82) is 0 Å². The molecule has 0 saturated carbocycles. The molecule has 0 aliphatic carbocycles. The first-order valence-corrected chi connectivity index (χ1v) is 7.33. The monoisotopic (exact) mass is 300 g/mol. The van der Waals surface area contributed by atoms with E-state index in [1.54, 1.807) is 11.8 Å². The Labute approximate surface area is 120 Å². The lowest BCUT2D eigenvalue weighted by atomic mass is 10.2. The molecule has 1 aromatic rings. The van der Waals surface area contributed by atoms with Gasteiger partial charge in [0.1, 0.15) is 5.82 Å². The molecule has 2 amide bonds. The predicted octanol–water partition coefficient (Wildman–Crippen LogP) is 2.79. The standard InChI is InChI=1S/C13H17FN2O3S/c1-8(20-2)5-6-15-13(19)16-9-3-4-10(12(17)18)11(14)7-9/h3-4,7-8H,5-6H2,1-2H3,(H,17,18)(H2,15,16,19). The van der Waals surface area contributed by atoms with Gasteiger partial charge >= 0.3 is 12.0 Å². The zero-order valence-electron chi connectivity index (χ0n) is 11.3. The zero-order chi connectivity index (χ0) is 15.1. The second-order valence-electron chi connectivity index (χ2n) is 4.22. The van der Waals surface area contributed by atoms with Gasteiger partial charge in [-0.15, -0.1) is 0 Å². The molecule has 3 N–H and O–H groups in total. The summed E-state index contributed by atoms with van der Waals surface area (Å²) in [5.41, 5.74) is -0.215. The van der Waals surface area contributed by atoms with E-state index in [-0.39, 0.29) is 5.69 Å². The van der Waals surface area contributed by atoms with Crippen molar-refractivity contribution in [3.05, 3.63) is 29.6 Å². The average Bonchev–Trinajstić information content (AvgIpc) is 2.38. The summed E-state index contributed by atoms with van der Waals surface area (Å²) in [6.07, 6.45) is 2.83. The number of carboxylic acid groups (broad SMARTS) is 1. The molecule has 0 aliphatic rings. The van der Waals surface area contributed by atoms with E-state index in [9.17, 15) is 14.0 Å². The molecule has 110 valence electrons. The van der Waals surface area contributed by atoms with Gasteiger partial charge < -0.3 is 15.7 Å². The SMILES string of the molecule is CSC(C)CCNC(=O)Nc1ccc(C(=O)O)c(F)c1. The number of aromatic carboxylic acids is 1. The zero-order valence-corrected chi connectivity index (χ0v) is 12.1. The third-order valence-corrected chi connectivity index (χ3v) is 3.74. The molecule has 1 aromatic carbocycles. The highest BCUT2D eigenvalue weighted by molar-refractivity contribution is 7.99. The first-order valence-electron chi connectivity index (χ1n) is 6.04. The highest BCUT2D eigenvalue weighted by Gasteiger charge is 2.11. The van der Waals surface area contributed by atoms with Crippen LogP contribution in [0.1, 0.15) is 23.7 Å². The molecule has 0 heterocycles. The van der Waals surface area contributed by atoms with Gasteiger partial charge in [0.05, 0.1) is 5.56 Å². The van der Waals surface area contributed by atoms with E-state index < -0.39 is 23.4 Å². The van der Waals surface area contributed by atoms with E-state index in [1.165, 1.54) is 6.07 Å². The van der Waals surface area contributed by atoms with Crippen molar-refractivity contribution in [2.24, 2.45) is 0 Å². The maximum atomic E-state index is 13.4. The minimum Gasteiger partial charge on any atom is -0.478 e. The van der Waals surface area contributed by atoms with Gasteiger partial charge in [0.15, 0.2) is 0 Å². The third-order valence-electron chi connectivity index (χ3n) is 2.70. The highest BCUT2D eigenvalue weighted by Crippen LogP contribution is 2.14. The topological polar surface area (TPSA) is 78.4 Å². The van der Waals surface area contributed by atoms with E-state index in [4.69, 9.17) is 5.11 Å². The first kappa shape index (κ1) is 16.3. The van der Waals surface area contributed by atoms with Gasteiger partial charge in [-0.05, 0) is 30.9 Å². The van der Waals surface area contributed by atoms with Gasteiger partial charge in [0.2, 0.25) is 0 Å². The van der Waals surface area contributed by atoms with Crippen LogP contribution in [0.4, 0.5) is 14.9 Å². The van der Waals surface area contributed by atoms with E-state index >= 15 is 0 Å². The van der Waals surface area contributed by atoms with Crippen molar-refractivity contribution in [3.63, 3.8) is 0 Å². The molecule has 0 fully saturated rings. The number of rotatable bonds is 6. The summed E-state index contributed by atoms with van der Waals surface area (Å²) in [6.45, 7) is 2.58. The van der Waals surface area contributed by atoms with Crippen LogP contribution >= 0.6 is 11.8 Å². The molecule has 0 saturated heterocycles. The summed E-state index contributed by atoms with van der Waals surface area (Å²) in [5.74, 6) is -2.23. The van der Waals surface area contributed by atoms with Crippen LogP contribution in [0, 0.1) is 5.82 Å². The Morgan fingerprint density at radius 1 is 1.45 bits per heavy atom. The molecule has 7 heteroatoms. The second-order valence-corrected chi connectivity index (χ2v) is 5.49. The molecule has 0 radical (unpaired) electrons. The minimum absolute atomic E-state index is 0.211. The van der Waals surface area contributed by atoms with Crippen molar-refractivity contribution < 1.29 is 19.1 Å². The fraction of sp³-hybridized carbons (Fsp3) is 0.385. The summed E-state index contributed by atoms with van der Waals surface area (Å²) in [5, 5.41) is 14.2. The number of carbonyl (C=O) groups excluding carboxylic acids is 1. The smallest absolute Gasteiger partial charge is 0.338 e. The number of benzene rings is 1. The maximum absolute atomic E-state index is 13.4. The molecule has 1 rings (SSSR count). The Kier molecular flexibility index (Phi) is 6.30. The summed E-state index contributed by atoms with van der Waals surface area (Å²) in [6, 6.07) is 2.99. The van der Waals surface area contributed by atoms with Crippen molar-refractivity contribution in [1.82, 2.24) is 5.32 Å². The van der Waals surface area contributed by atoms with Crippen LogP contribution in [-0.4, -0.2) is 35.2 Å². The lowest BCUT2D eigenvalue weighted by molar-refractivity contribution is 0.0692. The Balaban J connectivity index is 2.50. The number of thioether (sulfide) groups is 1. The lowest BCUT2D eigenvalue weighted by Gasteiger charge is -2.10. The number of nitrogens with one attached hydrogen (secondary N) is 2. The van der Waals surface area contributed by atoms with Crippen molar-refractivity contribution in [2.75, 3.05) is 18.1 Å². The number of hydrogen-bond donors (Lipinski definition) is 3. The van der Waals surface area contributed by atoms with E-state index in [0.29, 0.717) is 11.8 Å². The fourth-order valence-electron chi connectivity index (χ4n) is 1.45. The Hall–Kier alpha value is -1.76. The molecule has 0 aliphatic heterocycles. The number of urea groups is 1. The van der Waals surface area contributed by atoms with Crippen molar-refractivity contribution in [2.45, 2.75) is 18.6 Å². The highest BCUT2D eigenvalue weighted by atomic mass is 32.2. The van der Waals surface area contributed by atoms with Crippen LogP contribution in [0.2, 0.25) is 0 Å². The average molecular weight is 300 g/mol. The van der Waals surface area contributed by atoms with Crippen LogP contribution in [0.3, 0.4) is 0 Å². The molecule has 1 atom stereocenters. The van der Waals surface area contributed by atoms with Crippen LogP contribution in [-0.2, 0) is 0 Å². The first-order chi connectivity index (χ1) is 9.43. The Morgan fingerprint density at radius 3 is 2.70 bits per heavy atom. The van der Waals surface area contributed by atoms with Crippen LogP contribution in [0.25, 0.3) is 0 Å². The molecule has 0 bridgehead atoms. The molecular formula is C13H17FN2O3S. The quantitative estimate of drug-likeness (QED) is 0.755. The van der Waals surface area contributed by atoms with Crippen molar-refractivity contribution >= 4 is 29.4 Å². The van der Waals surface area contributed by atoms with Gasteiger partial charge in [-0.2, -0.15) is 11.8 Å². The summed E-state index contributed by atoms with van der Waals surface area (Å²) in [7, 11) is 0. The maximum Gasteiger partial charge on any atom is 0.338 e. The Morgan fingerprint density at radius 2 is 2.15 bits per heavy atom. The Bertz CT molecular complexity index is 497. The summed E-state index contributed by atoms with van der Waals surface area (Å²) in [4.78, 5) is 22.2. The normalized spacial score (nSPS) is 11.8. The second kappa shape index (κ2) is 7.74. The number of anilines is 1. The lowest BCUT2D eigenvalue weighted by Crippen LogP contribution is -2.30. The summed E-state index contributed by atoms with van der Waals surface area (Å²) >= 11 is 1.71. The molecule has 0 aromatic heterocycles. The molecular weight excluding hydrogens is 283 g/mol. The van der Waals surface area contributed by atoms with Gasteiger partial charge in [0, 0.05) is 17.5 Å². The van der Waals surface area contributed by atoms with E-state index in [0.717, 1.165) is 18.6 Å². The number of hydrogen-bond acceptors (Lipinski definition) is 3. The fourth-order valence-corrected chi connectivity index (χ4v) is 1.80. The van der Waals surface area contributed by atoms with Crippen LogP contribution < -0.4 is 10.6 Å². The van der Waals surface area contributed by atoms with Crippen molar-refractivity contribution in [3.8, 4) is 0 Å². The molecule has 5 nitrogen and oxygen atoms in total. The molecule has 0 spiro atoms. The number of amides is 2. The molecule has 1 unspecified atom stereocenters. The summed E-state index contributed by atoms with van der Waals surface area (Å²) < 4.78 is 13.4. The van der Waals surface area contributed by atoms with Gasteiger partial charge in [-0.25, -0.2) is 14.0 Å². The van der Waals surface area contributed by atoms with Gasteiger partial charge in [-0.1, -0.05) is 6.92 Å². The number of carboxylic acids is 1. The third kappa shape index (κ3) is 5.08. The van der Waals surface area contributed by atoms with Gasteiger partial charge in [-0.3, -0.25) is 0 Å². The minimum atomic E-state index is -1.34. The molecule has 20 heavy (non-hydrogen) atoms. The van der Waals surface area contributed by atoms with Crippen LogP contribution in [0.5, 0.6) is 0 Å².